The number of alkyl carbamates (subject to hydrolysis) is 1. The molecular formula is C28H36N2O5. The van der Waals surface area contributed by atoms with Crippen molar-refractivity contribution < 1.29 is 24.2 Å². The van der Waals surface area contributed by atoms with Gasteiger partial charge in [0.2, 0.25) is 5.91 Å². The second kappa shape index (κ2) is 10.5. The summed E-state index contributed by atoms with van der Waals surface area (Å²) in [6.45, 7) is 7.77. The highest BCUT2D eigenvalue weighted by molar-refractivity contribution is 5.86. The number of ether oxygens (including phenoxy) is 1. The minimum Gasteiger partial charge on any atom is -0.480 e. The molecule has 0 saturated heterocycles. The molecule has 0 aromatic heterocycles. The summed E-state index contributed by atoms with van der Waals surface area (Å²) in [6, 6.07) is 16.4. The Kier molecular flexibility index (Phi) is 7.88. The summed E-state index contributed by atoms with van der Waals surface area (Å²) in [5.41, 5.74) is 3.25. The molecule has 2 aromatic rings. The quantitative estimate of drug-likeness (QED) is 0.496. The van der Waals surface area contributed by atoms with E-state index in [2.05, 4.69) is 29.6 Å². The van der Waals surface area contributed by atoms with Crippen molar-refractivity contribution in [3.05, 3.63) is 59.7 Å². The Morgan fingerprint density at radius 2 is 1.49 bits per heavy atom. The number of carboxylic acids is 1. The van der Waals surface area contributed by atoms with Crippen molar-refractivity contribution in [2.75, 3.05) is 20.2 Å². The molecule has 0 spiro atoms. The van der Waals surface area contributed by atoms with E-state index in [1.54, 1.807) is 0 Å². The molecule has 0 heterocycles. The molecule has 0 unspecified atom stereocenters. The zero-order chi connectivity index (χ0) is 25.8. The Morgan fingerprint density at radius 3 is 2.03 bits per heavy atom. The van der Waals surface area contributed by atoms with Gasteiger partial charge in [0.25, 0.3) is 0 Å². The summed E-state index contributed by atoms with van der Waals surface area (Å²) in [6.07, 6.45) is 1.03. The molecule has 2 aromatic carbocycles. The van der Waals surface area contributed by atoms with Crippen LogP contribution in [0.15, 0.2) is 48.5 Å². The molecule has 0 atom stereocenters. The van der Waals surface area contributed by atoms with Gasteiger partial charge in [0.05, 0.1) is 0 Å². The van der Waals surface area contributed by atoms with Gasteiger partial charge < -0.3 is 20.1 Å². The molecule has 2 N–H and O–H groups in total. The minimum absolute atomic E-state index is 0.0163. The fourth-order valence-electron chi connectivity index (χ4n) is 4.35. The number of likely N-dealkylation sites (N-methyl/N-ethyl adjacent to an activating group) is 1. The Bertz CT molecular complexity index is 1050. The third kappa shape index (κ3) is 6.02. The topological polar surface area (TPSA) is 95.9 Å². The number of carboxylic acid groups (broad SMARTS) is 1. The van der Waals surface area contributed by atoms with E-state index in [0.29, 0.717) is 19.4 Å². The number of nitrogens with zero attached hydrogens (tertiary/aromatic N) is 1. The van der Waals surface area contributed by atoms with Crippen LogP contribution in [0.1, 0.15) is 64.0 Å². The predicted octanol–water partition coefficient (Wildman–Crippen LogP) is 5.04. The van der Waals surface area contributed by atoms with Gasteiger partial charge >= 0.3 is 12.1 Å². The molecular weight excluding hydrogens is 444 g/mol. The molecule has 7 heteroatoms. The van der Waals surface area contributed by atoms with Crippen molar-refractivity contribution in [1.82, 2.24) is 10.2 Å². The summed E-state index contributed by atoms with van der Waals surface area (Å²) >= 11 is 0. The molecule has 1 aliphatic carbocycles. The third-order valence-corrected chi connectivity index (χ3v) is 7.17. The zero-order valence-electron chi connectivity index (χ0n) is 21.3. The van der Waals surface area contributed by atoms with Crippen LogP contribution in [0.25, 0.3) is 11.1 Å². The summed E-state index contributed by atoms with van der Waals surface area (Å²) in [5.74, 6) is -1.24. The van der Waals surface area contributed by atoms with Crippen molar-refractivity contribution in [3.63, 3.8) is 0 Å². The molecule has 35 heavy (non-hydrogen) atoms. The standard InChI is InChI=1S/C28H36N2O5/c1-27(2,15-14-24(31)30(5)28(3,4)25(32)33)16-17-29-26(34)35-18-23-21-12-8-6-10-19(21)20-11-7-9-13-22(20)23/h6-13,23H,14-18H2,1-5H3,(H,29,34)(H,32,33). The van der Waals surface area contributed by atoms with Gasteiger partial charge in [-0.25, -0.2) is 9.59 Å². The lowest BCUT2D eigenvalue weighted by molar-refractivity contribution is -0.155. The van der Waals surface area contributed by atoms with Crippen LogP contribution in [0, 0.1) is 5.41 Å². The van der Waals surface area contributed by atoms with Gasteiger partial charge in [-0.05, 0) is 54.4 Å². The highest BCUT2D eigenvalue weighted by Gasteiger charge is 2.35. The number of nitrogens with one attached hydrogen (secondary N) is 1. The minimum atomic E-state index is -1.26. The Hall–Kier alpha value is -3.35. The van der Waals surface area contributed by atoms with E-state index in [4.69, 9.17) is 4.74 Å². The maximum atomic E-state index is 12.5. The van der Waals surface area contributed by atoms with E-state index >= 15 is 0 Å². The number of benzene rings is 2. The van der Waals surface area contributed by atoms with Crippen molar-refractivity contribution in [1.29, 1.82) is 0 Å². The number of amides is 2. The highest BCUT2D eigenvalue weighted by Crippen LogP contribution is 2.44. The lowest BCUT2D eigenvalue weighted by Crippen LogP contribution is -2.50. The van der Waals surface area contributed by atoms with E-state index < -0.39 is 17.6 Å². The smallest absolute Gasteiger partial charge is 0.407 e. The van der Waals surface area contributed by atoms with Crippen LogP contribution < -0.4 is 5.32 Å². The van der Waals surface area contributed by atoms with Crippen LogP contribution in [0.2, 0.25) is 0 Å². The first-order valence-corrected chi connectivity index (χ1v) is 12.0. The van der Waals surface area contributed by atoms with Crippen molar-refractivity contribution >= 4 is 18.0 Å². The molecule has 0 aliphatic heterocycles. The average Bonchev–Trinajstić information content (AvgIpc) is 3.14. The lowest BCUT2D eigenvalue weighted by atomic mass is 9.84. The Balaban J connectivity index is 1.45. The van der Waals surface area contributed by atoms with Crippen molar-refractivity contribution in [2.45, 2.75) is 58.4 Å². The molecule has 0 radical (unpaired) electrons. The van der Waals surface area contributed by atoms with Crippen LogP contribution in [-0.4, -0.2) is 53.7 Å². The normalized spacial score (nSPS) is 13.1. The number of carbonyl (C=O) groups is 3. The van der Waals surface area contributed by atoms with Gasteiger partial charge in [0.15, 0.2) is 0 Å². The number of hydrogen-bond donors (Lipinski definition) is 2. The molecule has 3 rings (SSSR count). The largest absolute Gasteiger partial charge is 0.480 e. The number of fused-ring (bicyclic) bond motifs is 3. The van der Waals surface area contributed by atoms with Crippen molar-refractivity contribution in [3.8, 4) is 11.1 Å². The second-order valence-electron chi connectivity index (χ2n) is 10.5. The van der Waals surface area contributed by atoms with E-state index in [0.717, 1.165) is 0 Å². The van der Waals surface area contributed by atoms with E-state index in [9.17, 15) is 19.5 Å². The van der Waals surface area contributed by atoms with Crippen molar-refractivity contribution in [2.24, 2.45) is 5.41 Å². The van der Waals surface area contributed by atoms with Gasteiger partial charge in [-0.3, -0.25) is 4.79 Å². The van der Waals surface area contributed by atoms with Crippen LogP contribution in [0.5, 0.6) is 0 Å². The first-order valence-electron chi connectivity index (χ1n) is 12.0. The van der Waals surface area contributed by atoms with Gasteiger partial charge in [-0.2, -0.15) is 0 Å². The van der Waals surface area contributed by atoms with Crippen LogP contribution in [0.3, 0.4) is 0 Å². The van der Waals surface area contributed by atoms with E-state index in [1.165, 1.54) is 48.0 Å². The number of carbonyl (C=O) groups excluding carboxylic acids is 2. The van der Waals surface area contributed by atoms with Gasteiger partial charge in [-0.1, -0.05) is 62.4 Å². The second-order valence-corrected chi connectivity index (χ2v) is 10.5. The predicted molar refractivity (Wildman–Crippen MR) is 135 cm³/mol. The first-order chi connectivity index (χ1) is 16.4. The molecule has 7 nitrogen and oxygen atoms in total. The Labute approximate surface area is 207 Å². The molecule has 1 aliphatic rings. The van der Waals surface area contributed by atoms with Gasteiger partial charge in [0.1, 0.15) is 12.1 Å². The molecule has 0 bridgehead atoms. The van der Waals surface area contributed by atoms with Crippen LogP contribution in [-0.2, 0) is 14.3 Å². The summed E-state index contributed by atoms with van der Waals surface area (Å²) in [7, 11) is 1.52. The zero-order valence-corrected chi connectivity index (χ0v) is 21.3. The average molecular weight is 481 g/mol. The van der Waals surface area contributed by atoms with Crippen LogP contribution in [0.4, 0.5) is 4.79 Å². The maximum Gasteiger partial charge on any atom is 0.407 e. The third-order valence-electron chi connectivity index (χ3n) is 7.17. The fourth-order valence-corrected chi connectivity index (χ4v) is 4.35. The van der Waals surface area contributed by atoms with E-state index in [-0.39, 0.29) is 30.3 Å². The highest BCUT2D eigenvalue weighted by atomic mass is 16.5. The van der Waals surface area contributed by atoms with Gasteiger partial charge in [-0.15, -0.1) is 0 Å². The molecule has 2 amide bonds. The number of aliphatic carboxylic acids is 1. The molecule has 0 saturated carbocycles. The lowest BCUT2D eigenvalue weighted by Gasteiger charge is -2.33. The number of hydrogen-bond acceptors (Lipinski definition) is 4. The maximum absolute atomic E-state index is 12.5. The fraction of sp³-hybridized carbons (Fsp3) is 0.464. The van der Waals surface area contributed by atoms with Gasteiger partial charge in [0, 0.05) is 25.9 Å². The monoisotopic (exact) mass is 480 g/mol. The number of rotatable bonds is 10. The Morgan fingerprint density at radius 1 is 0.943 bits per heavy atom. The molecule has 0 fully saturated rings. The van der Waals surface area contributed by atoms with Crippen LogP contribution >= 0.6 is 0 Å². The van der Waals surface area contributed by atoms with E-state index in [1.807, 2.05) is 38.1 Å². The molecule has 188 valence electrons. The summed E-state index contributed by atoms with van der Waals surface area (Å²) < 4.78 is 5.58. The summed E-state index contributed by atoms with van der Waals surface area (Å²) in [5, 5.41) is 12.1. The summed E-state index contributed by atoms with van der Waals surface area (Å²) in [4.78, 5) is 37.5. The first kappa shape index (κ1) is 26.3. The SMILES string of the molecule is CN(C(=O)CCC(C)(C)CCNC(=O)OCC1c2ccccc2-c2ccccc21)C(C)(C)C(=O)O.